The maximum atomic E-state index is 13.1. The highest BCUT2D eigenvalue weighted by atomic mass is 127. The van der Waals surface area contributed by atoms with Gasteiger partial charge in [0.15, 0.2) is 5.96 Å². The van der Waals surface area contributed by atoms with Gasteiger partial charge in [-0.15, -0.1) is 24.0 Å². The van der Waals surface area contributed by atoms with E-state index in [4.69, 9.17) is 9.47 Å². The van der Waals surface area contributed by atoms with Crippen molar-refractivity contribution in [1.29, 1.82) is 0 Å². The summed E-state index contributed by atoms with van der Waals surface area (Å²) in [5, 5.41) is 5.88. The quantitative estimate of drug-likeness (QED) is 0.183. The third-order valence-corrected chi connectivity index (χ3v) is 3.10. The van der Waals surface area contributed by atoms with Crippen LogP contribution in [0, 0.1) is 5.82 Å². The molecule has 0 aromatic heterocycles. The fourth-order valence-electron chi connectivity index (χ4n) is 1.94. The summed E-state index contributed by atoms with van der Waals surface area (Å²) in [6.07, 6.45) is -4.63. The van der Waals surface area contributed by atoms with Gasteiger partial charge in [-0.1, -0.05) is 6.07 Å². The minimum Gasteiger partial charge on any atom is -0.382 e. The van der Waals surface area contributed by atoms with Gasteiger partial charge < -0.3 is 20.1 Å². The van der Waals surface area contributed by atoms with E-state index < -0.39 is 17.6 Å². The van der Waals surface area contributed by atoms with Gasteiger partial charge in [0.2, 0.25) is 0 Å². The van der Waals surface area contributed by atoms with Crippen molar-refractivity contribution in [1.82, 2.24) is 10.6 Å². The Morgan fingerprint density at radius 2 is 1.88 bits per heavy atom. The third-order valence-electron chi connectivity index (χ3n) is 3.10. The van der Waals surface area contributed by atoms with E-state index in [-0.39, 0.29) is 36.1 Å². The van der Waals surface area contributed by atoms with Gasteiger partial charge in [0.05, 0.1) is 31.9 Å². The van der Waals surface area contributed by atoms with E-state index in [2.05, 4.69) is 15.6 Å². The molecule has 2 N–H and O–H groups in total. The minimum atomic E-state index is -4.63. The molecule has 0 fully saturated rings. The Kier molecular flexibility index (Phi) is 12.5. The van der Waals surface area contributed by atoms with Crippen molar-refractivity contribution < 1.29 is 27.0 Å². The first-order valence-electron chi connectivity index (χ1n) is 7.83. The average molecular weight is 493 g/mol. The standard InChI is InChI=1S/C16H23F4N3O2.HI/c1-3-21-15(22-6-7-25-9-8-24-2)23-11-12-4-5-13(17)10-14(12)16(18,19)20;/h4-5,10H,3,6-9,11H2,1-2H3,(H2,21,22,23);1H. The van der Waals surface area contributed by atoms with E-state index in [9.17, 15) is 17.6 Å². The summed E-state index contributed by atoms with van der Waals surface area (Å²) in [6, 6.07) is 2.57. The van der Waals surface area contributed by atoms with Crippen molar-refractivity contribution in [2.75, 3.05) is 40.0 Å². The lowest BCUT2D eigenvalue weighted by Crippen LogP contribution is -2.39. The van der Waals surface area contributed by atoms with Gasteiger partial charge in [0.25, 0.3) is 0 Å². The molecule has 0 saturated carbocycles. The predicted molar refractivity (Wildman–Crippen MR) is 102 cm³/mol. The number of nitrogens with zero attached hydrogens (tertiary/aromatic N) is 1. The van der Waals surface area contributed by atoms with Crippen molar-refractivity contribution >= 4 is 29.9 Å². The molecular weight excluding hydrogens is 469 g/mol. The molecule has 26 heavy (non-hydrogen) atoms. The third kappa shape index (κ3) is 9.53. The minimum absolute atomic E-state index is 0. The normalized spacial score (nSPS) is 11.8. The summed E-state index contributed by atoms with van der Waals surface area (Å²) >= 11 is 0. The summed E-state index contributed by atoms with van der Waals surface area (Å²) < 4.78 is 62.2. The zero-order valence-corrected chi connectivity index (χ0v) is 17.0. The SMILES string of the molecule is CCNC(=NCc1ccc(F)cc1C(F)(F)F)NCCOCCOC.I. The fraction of sp³-hybridized carbons (Fsp3) is 0.562. The fourth-order valence-corrected chi connectivity index (χ4v) is 1.94. The molecule has 0 spiro atoms. The lowest BCUT2D eigenvalue weighted by molar-refractivity contribution is -0.138. The molecule has 1 aromatic carbocycles. The van der Waals surface area contributed by atoms with E-state index in [1.165, 1.54) is 0 Å². The zero-order valence-electron chi connectivity index (χ0n) is 14.7. The predicted octanol–water partition coefficient (Wildman–Crippen LogP) is 3.18. The summed E-state index contributed by atoms with van der Waals surface area (Å²) in [4.78, 5) is 4.11. The summed E-state index contributed by atoms with van der Waals surface area (Å²) in [6.45, 7) is 3.94. The van der Waals surface area contributed by atoms with Crippen LogP contribution >= 0.6 is 24.0 Å². The summed E-state index contributed by atoms with van der Waals surface area (Å²) in [5.74, 6) is -0.575. The molecule has 1 rings (SSSR count). The first-order chi connectivity index (χ1) is 11.9. The first-order valence-corrected chi connectivity index (χ1v) is 7.83. The number of hydrogen-bond acceptors (Lipinski definition) is 3. The number of aliphatic imine (C=N–C) groups is 1. The van der Waals surface area contributed by atoms with E-state index in [1.54, 1.807) is 7.11 Å². The van der Waals surface area contributed by atoms with Crippen LogP contribution in [0.5, 0.6) is 0 Å². The summed E-state index contributed by atoms with van der Waals surface area (Å²) in [5.41, 5.74) is -1.11. The van der Waals surface area contributed by atoms with Crippen LogP contribution in [0.1, 0.15) is 18.1 Å². The Bertz CT molecular complexity index is 557. The monoisotopic (exact) mass is 493 g/mol. The lowest BCUT2D eigenvalue weighted by Gasteiger charge is -2.14. The zero-order chi connectivity index (χ0) is 18.7. The molecule has 0 bridgehead atoms. The topological polar surface area (TPSA) is 54.9 Å². The molecule has 0 saturated heterocycles. The number of guanidine groups is 1. The van der Waals surface area contributed by atoms with Crippen LogP contribution in [-0.4, -0.2) is 46.0 Å². The van der Waals surface area contributed by atoms with Gasteiger partial charge in [-0.25, -0.2) is 9.38 Å². The largest absolute Gasteiger partial charge is 0.416 e. The van der Waals surface area contributed by atoms with Crippen LogP contribution in [0.3, 0.4) is 0 Å². The van der Waals surface area contributed by atoms with Crippen LogP contribution < -0.4 is 10.6 Å². The number of hydrogen-bond donors (Lipinski definition) is 2. The maximum Gasteiger partial charge on any atom is 0.416 e. The molecule has 1 aromatic rings. The molecule has 0 heterocycles. The van der Waals surface area contributed by atoms with Gasteiger partial charge in [0.1, 0.15) is 5.82 Å². The van der Waals surface area contributed by atoms with Crippen LogP contribution in [0.25, 0.3) is 0 Å². The van der Waals surface area contributed by atoms with E-state index in [0.717, 1.165) is 12.1 Å². The molecule has 0 aliphatic rings. The maximum absolute atomic E-state index is 13.1. The molecule has 0 amide bonds. The second-order valence-corrected chi connectivity index (χ2v) is 5.03. The average Bonchev–Trinajstić information content (AvgIpc) is 2.55. The van der Waals surface area contributed by atoms with Crippen molar-refractivity contribution in [3.63, 3.8) is 0 Å². The van der Waals surface area contributed by atoms with Crippen LogP contribution in [0.15, 0.2) is 23.2 Å². The van der Waals surface area contributed by atoms with Crippen molar-refractivity contribution in [3.05, 3.63) is 35.1 Å². The van der Waals surface area contributed by atoms with E-state index >= 15 is 0 Å². The number of methoxy groups -OCH3 is 1. The summed E-state index contributed by atoms with van der Waals surface area (Å²) in [7, 11) is 1.57. The molecule has 150 valence electrons. The van der Waals surface area contributed by atoms with Gasteiger partial charge in [-0.2, -0.15) is 13.2 Å². The first kappa shape index (κ1) is 24.9. The molecule has 5 nitrogen and oxygen atoms in total. The molecule has 0 radical (unpaired) electrons. The molecule has 0 aliphatic heterocycles. The van der Waals surface area contributed by atoms with Gasteiger partial charge in [-0.05, 0) is 24.6 Å². The number of benzene rings is 1. The van der Waals surface area contributed by atoms with Crippen molar-refractivity contribution in [2.24, 2.45) is 4.99 Å². The van der Waals surface area contributed by atoms with Crippen LogP contribution in [0.4, 0.5) is 17.6 Å². The van der Waals surface area contributed by atoms with Crippen LogP contribution in [0.2, 0.25) is 0 Å². The highest BCUT2D eigenvalue weighted by molar-refractivity contribution is 14.0. The number of alkyl halides is 3. The molecule has 0 unspecified atom stereocenters. The smallest absolute Gasteiger partial charge is 0.382 e. The Morgan fingerprint density at radius 1 is 1.15 bits per heavy atom. The van der Waals surface area contributed by atoms with Crippen molar-refractivity contribution in [2.45, 2.75) is 19.6 Å². The second-order valence-electron chi connectivity index (χ2n) is 5.03. The number of ether oxygens (including phenoxy) is 2. The van der Waals surface area contributed by atoms with E-state index in [1.807, 2.05) is 6.92 Å². The molecule has 0 aliphatic carbocycles. The number of halogens is 5. The Labute approximate surface area is 167 Å². The molecule has 0 atom stereocenters. The van der Waals surface area contributed by atoms with E-state index in [0.29, 0.717) is 44.9 Å². The van der Waals surface area contributed by atoms with Gasteiger partial charge >= 0.3 is 6.18 Å². The number of nitrogens with one attached hydrogen (secondary N) is 2. The van der Waals surface area contributed by atoms with Gasteiger partial charge in [0, 0.05) is 20.2 Å². The Hall–Kier alpha value is -1.14. The molecular formula is C16H24F4IN3O2. The number of rotatable bonds is 9. The second kappa shape index (κ2) is 13.1. The van der Waals surface area contributed by atoms with Crippen LogP contribution in [-0.2, 0) is 22.2 Å². The highest BCUT2D eigenvalue weighted by Crippen LogP contribution is 2.32. The van der Waals surface area contributed by atoms with Crippen molar-refractivity contribution in [3.8, 4) is 0 Å². The lowest BCUT2D eigenvalue weighted by atomic mass is 10.1. The highest BCUT2D eigenvalue weighted by Gasteiger charge is 2.33. The molecule has 10 heteroatoms. The van der Waals surface area contributed by atoms with Gasteiger partial charge in [-0.3, -0.25) is 0 Å². The Balaban J connectivity index is 0.00000625. The Morgan fingerprint density at radius 3 is 2.50 bits per heavy atom.